The van der Waals surface area contributed by atoms with Crippen molar-refractivity contribution in [3.63, 3.8) is 0 Å². The minimum Gasteiger partial charge on any atom is -0.455 e. The summed E-state index contributed by atoms with van der Waals surface area (Å²) in [7, 11) is 0. The van der Waals surface area contributed by atoms with Gasteiger partial charge < -0.3 is 9.32 Å². The summed E-state index contributed by atoms with van der Waals surface area (Å²) >= 11 is 0. The normalized spacial score (nSPS) is 16.4. The molecule has 0 N–H and O–H groups in total. The molecule has 6 aromatic carbocycles. The Balaban J connectivity index is 1.45. The van der Waals surface area contributed by atoms with Crippen LogP contribution in [-0.2, 0) is 16.8 Å². The second kappa shape index (κ2) is 9.24. The van der Waals surface area contributed by atoms with Gasteiger partial charge in [-0.3, -0.25) is 14.9 Å². The first-order valence-corrected chi connectivity index (χ1v) is 14.9. The zero-order valence-corrected chi connectivity index (χ0v) is 23.9. The molecular weight excluding hydrogens is 560 g/mol. The van der Waals surface area contributed by atoms with E-state index in [0.717, 1.165) is 49.7 Å². The van der Waals surface area contributed by atoms with Gasteiger partial charge in [-0.2, -0.15) is 0 Å². The van der Waals surface area contributed by atoms with Crippen molar-refractivity contribution in [3.8, 4) is 22.5 Å². The van der Waals surface area contributed by atoms with Gasteiger partial charge in [0, 0.05) is 45.3 Å². The van der Waals surface area contributed by atoms with Crippen molar-refractivity contribution in [1.82, 2.24) is 0 Å². The van der Waals surface area contributed by atoms with Gasteiger partial charge in [0.15, 0.2) is 0 Å². The molecule has 1 atom stereocenters. The van der Waals surface area contributed by atoms with Crippen LogP contribution in [0.3, 0.4) is 0 Å². The minimum absolute atomic E-state index is 0.0666. The van der Waals surface area contributed by atoms with E-state index in [0.29, 0.717) is 29.0 Å². The number of nitrogens with zero attached hydrogens (tertiary/aromatic N) is 2. The second-order valence-electron chi connectivity index (χ2n) is 11.7. The lowest BCUT2D eigenvalue weighted by Gasteiger charge is -2.27. The zero-order valence-electron chi connectivity index (χ0n) is 23.9. The van der Waals surface area contributed by atoms with Gasteiger partial charge in [0.05, 0.1) is 11.5 Å². The first-order chi connectivity index (χ1) is 22.1. The molecule has 1 aliphatic carbocycles. The number of nitro groups is 1. The number of para-hydroxylation sites is 1. The molecule has 6 heteroatoms. The van der Waals surface area contributed by atoms with Gasteiger partial charge >= 0.3 is 0 Å². The molecule has 45 heavy (non-hydrogen) atoms. The summed E-state index contributed by atoms with van der Waals surface area (Å²) in [6.07, 6.45) is 0. The predicted molar refractivity (Wildman–Crippen MR) is 175 cm³/mol. The highest BCUT2D eigenvalue weighted by Crippen LogP contribution is 2.63. The Morgan fingerprint density at radius 2 is 1.44 bits per heavy atom. The monoisotopic (exact) mass is 584 g/mol. The molecule has 0 bridgehead atoms. The summed E-state index contributed by atoms with van der Waals surface area (Å²) in [6.45, 7) is 0.363. The third-order valence-corrected chi connectivity index (χ3v) is 9.35. The van der Waals surface area contributed by atoms with E-state index in [1.54, 1.807) is 12.1 Å². The summed E-state index contributed by atoms with van der Waals surface area (Å²) in [5, 5.41) is 14.9. The van der Waals surface area contributed by atoms with E-state index in [1.807, 2.05) is 95.9 Å². The number of non-ortho nitro benzene ring substituents is 1. The molecule has 2 aliphatic rings. The second-order valence-corrected chi connectivity index (χ2v) is 11.7. The highest BCUT2D eigenvalue weighted by Gasteiger charge is 2.60. The number of benzene rings is 6. The fourth-order valence-corrected chi connectivity index (χ4v) is 7.49. The van der Waals surface area contributed by atoms with Crippen LogP contribution in [0.15, 0.2) is 138 Å². The molecule has 0 fully saturated rings. The third-order valence-electron chi connectivity index (χ3n) is 9.35. The number of carbonyl (C=O) groups excluding carboxylic acids is 1. The average Bonchev–Trinajstić information content (AvgIpc) is 3.69. The molecule has 0 radical (unpaired) electrons. The third kappa shape index (κ3) is 3.36. The molecule has 1 aromatic heterocycles. The van der Waals surface area contributed by atoms with Crippen LogP contribution in [0.4, 0.5) is 11.4 Å². The first kappa shape index (κ1) is 25.5. The van der Waals surface area contributed by atoms with E-state index in [4.69, 9.17) is 4.42 Å². The Labute approximate surface area is 257 Å². The molecule has 0 saturated carbocycles. The number of nitro benzene ring substituents is 1. The van der Waals surface area contributed by atoms with E-state index in [9.17, 15) is 10.1 Å². The molecule has 1 aliphatic heterocycles. The van der Waals surface area contributed by atoms with Gasteiger partial charge in [-0.1, -0.05) is 103 Å². The van der Waals surface area contributed by atoms with Gasteiger partial charge in [0.2, 0.25) is 5.91 Å². The summed E-state index contributed by atoms with van der Waals surface area (Å²) < 4.78 is 6.88. The van der Waals surface area contributed by atoms with Crippen LogP contribution in [0.1, 0.15) is 22.3 Å². The molecule has 1 spiro atoms. The van der Waals surface area contributed by atoms with Gasteiger partial charge in [0.1, 0.15) is 16.8 Å². The van der Waals surface area contributed by atoms with E-state index < -0.39 is 10.3 Å². The maximum atomic E-state index is 15.4. The molecule has 2 heterocycles. The molecule has 0 saturated heterocycles. The Bertz CT molecular complexity index is 2360. The van der Waals surface area contributed by atoms with Gasteiger partial charge in [-0.15, -0.1) is 0 Å². The van der Waals surface area contributed by atoms with Crippen LogP contribution in [-0.4, -0.2) is 10.8 Å². The fraction of sp³-hybridized carbons (Fsp3) is 0.0513. The molecule has 214 valence electrons. The Hall–Kier alpha value is -6.01. The average molecular weight is 585 g/mol. The number of fused-ring (bicyclic) bond motifs is 11. The maximum absolute atomic E-state index is 15.4. The van der Waals surface area contributed by atoms with Crippen molar-refractivity contribution >= 4 is 39.0 Å². The Morgan fingerprint density at radius 3 is 2.24 bits per heavy atom. The SMILES string of the molecule is O=C1N(Cc2ccccc2)c2ccccc2C12c1cc([N+](=O)[O-])ccc1-c1oc3c(c(-c4ccccc4)cc4ccccc43)c12. The van der Waals surface area contributed by atoms with Crippen LogP contribution in [0, 0.1) is 10.1 Å². The molecule has 1 unspecified atom stereocenters. The van der Waals surface area contributed by atoms with Gasteiger partial charge in [-0.25, -0.2) is 0 Å². The zero-order chi connectivity index (χ0) is 30.3. The minimum atomic E-state index is -1.35. The molecule has 6 nitrogen and oxygen atoms in total. The summed E-state index contributed by atoms with van der Waals surface area (Å²) in [4.78, 5) is 28.9. The van der Waals surface area contributed by atoms with E-state index >= 15 is 4.79 Å². The van der Waals surface area contributed by atoms with Gasteiger partial charge in [0.25, 0.3) is 5.69 Å². The standard InChI is InChI=1S/C39H24N2O4/c42-38-39(31-17-9-10-18-33(31)40(38)23-24-11-3-1-4-12-24)32-22-27(41(43)44)19-20-29(32)37-35(39)34-30(25-13-5-2-6-14-25)21-26-15-7-8-16-28(26)36(34)45-37/h1-22H,23H2. The van der Waals surface area contributed by atoms with Crippen LogP contribution in [0.5, 0.6) is 0 Å². The maximum Gasteiger partial charge on any atom is 0.269 e. The molecule has 1 amide bonds. The molecule has 7 aromatic rings. The molecule has 9 rings (SSSR count). The van der Waals surface area contributed by atoms with Crippen molar-refractivity contribution in [3.05, 3.63) is 166 Å². The van der Waals surface area contributed by atoms with E-state index in [1.165, 1.54) is 6.07 Å². The van der Waals surface area contributed by atoms with Crippen molar-refractivity contribution < 1.29 is 14.1 Å². The van der Waals surface area contributed by atoms with Crippen LogP contribution in [0.25, 0.3) is 44.2 Å². The smallest absolute Gasteiger partial charge is 0.269 e. The lowest BCUT2D eigenvalue weighted by molar-refractivity contribution is -0.384. The van der Waals surface area contributed by atoms with Crippen LogP contribution < -0.4 is 4.90 Å². The van der Waals surface area contributed by atoms with Crippen LogP contribution in [0.2, 0.25) is 0 Å². The number of hydrogen-bond acceptors (Lipinski definition) is 4. The summed E-state index contributed by atoms with van der Waals surface area (Å²) in [5.41, 5.74) is 5.81. The van der Waals surface area contributed by atoms with Crippen LogP contribution >= 0.6 is 0 Å². The predicted octanol–water partition coefficient (Wildman–Crippen LogP) is 9.02. The number of furan rings is 1. The lowest BCUT2D eigenvalue weighted by atomic mass is 9.72. The van der Waals surface area contributed by atoms with Gasteiger partial charge in [-0.05, 0) is 45.8 Å². The highest BCUT2D eigenvalue weighted by molar-refractivity contribution is 6.23. The Morgan fingerprint density at radius 1 is 0.733 bits per heavy atom. The quantitative estimate of drug-likeness (QED) is 0.153. The highest BCUT2D eigenvalue weighted by atomic mass is 16.6. The topological polar surface area (TPSA) is 76.6 Å². The Kier molecular flexibility index (Phi) is 5.23. The van der Waals surface area contributed by atoms with Crippen molar-refractivity contribution in [2.75, 3.05) is 4.90 Å². The number of anilines is 1. The summed E-state index contributed by atoms with van der Waals surface area (Å²) in [5.74, 6) is 0.427. The number of amides is 1. The molecular formula is C39H24N2O4. The lowest BCUT2D eigenvalue weighted by Crippen LogP contribution is -2.40. The van der Waals surface area contributed by atoms with Crippen molar-refractivity contribution in [2.24, 2.45) is 0 Å². The van der Waals surface area contributed by atoms with Crippen molar-refractivity contribution in [1.29, 1.82) is 0 Å². The van der Waals surface area contributed by atoms with E-state index in [2.05, 4.69) is 24.3 Å². The first-order valence-electron chi connectivity index (χ1n) is 14.9. The van der Waals surface area contributed by atoms with E-state index in [-0.39, 0.29) is 11.6 Å². The number of rotatable bonds is 4. The van der Waals surface area contributed by atoms with Crippen molar-refractivity contribution in [2.45, 2.75) is 12.0 Å². The fourth-order valence-electron chi connectivity index (χ4n) is 7.49. The largest absolute Gasteiger partial charge is 0.455 e. The summed E-state index contributed by atoms with van der Waals surface area (Å²) in [6, 6.07) is 42.9. The number of carbonyl (C=O) groups is 1. The number of hydrogen-bond donors (Lipinski definition) is 0.